The number of halogens is 3. The van der Waals surface area contributed by atoms with E-state index in [0.29, 0.717) is 54.3 Å². The molecule has 34 heavy (non-hydrogen) atoms. The number of methoxy groups -OCH3 is 1. The molecule has 0 spiro atoms. The molecular formula is C22H22ClF2N4O4S-. The fraction of sp³-hybridized carbons (Fsp3) is 0.364. The lowest BCUT2D eigenvalue weighted by atomic mass is 9.97. The number of ether oxygens (including phenoxy) is 2. The van der Waals surface area contributed by atoms with Gasteiger partial charge in [-0.2, -0.15) is 4.98 Å². The quantitative estimate of drug-likeness (QED) is 0.363. The number of fused-ring (bicyclic) bond motifs is 1. The van der Waals surface area contributed by atoms with E-state index in [1.807, 2.05) is 4.90 Å². The Balaban J connectivity index is 1.79. The summed E-state index contributed by atoms with van der Waals surface area (Å²) in [7, 11) is 1.45. The van der Waals surface area contributed by atoms with Gasteiger partial charge in [0, 0.05) is 59.0 Å². The highest BCUT2D eigenvalue weighted by atomic mass is 35.5. The van der Waals surface area contributed by atoms with Gasteiger partial charge in [0.15, 0.2) is 0 Å². The van der Waals surface area contributed by atoms with Crippen LogP contribution >= 0.6 is 11.6 Å². The Hall–Kier alpha value is -2.44. The van der Waals surface area contributed by atoms with Gasteiger partial charge in [-0.1, -0.05) is 18.2 Å². The average Bonchev–Trinajstić information content (AvgIpc) is 2.83. The van der Waals surface area contributed by atoms with Crippen LogP contribution in [0.15, 0.2) is 30.3 Å². The zero-order valence-corrected chi connectivity index (χ0v) is 19.8. The molecule has 2 aromatic carbocycles. The lowest BCUT2D eigenvalue weighted by Gasteiger charge is -2.29. The Morgan fingerprint density at radius 3 is 2.76 bits per heavy atom. The van der Waals surface area contributed by atoms with Crippen LogP contribution in [0.25, 0.3) is 22.0 Å². The van der Waals surface area contributed by atoms with Crippen LogP contribution in [0, 0.1) is 5.82 Å². The van der Waals surface area contributed by atoms with Gasteiger partial charge in [0.25, 0.3) is 0 Å². The average molecular weight is 512 g/mol. The minimum absolute atomic E-state index is 0.0739. The molecule has 0 aliphatic carbocycles. The maximum Gasteiger partial charge on any atom is 0.224 e. The molecule has 0 radical (unpaired) electrons. The summed E-state index contributed by atoms with van der Waals surface area (Å²) in [4.78, 5) is 10.7. The normalized spacial score (nSPS) is 16.0. The molecule has 2 atom stereocenters. The van der Waals surface area contributed by atoms with E-state index in [0.717, 1.165) is 0 Å². The number of hydrogen-bond acceptors (Lipinski definition) is 7. The number of anilines is 1. The highest BCUT2D eigenvalue weighted by Crippen LogP contribution is 2.40. The van der Waals surface area contributed by atoms with E-state index in [1.165, 1.54) is 19.2 Å². The maximum atomic E-state index is 15.5. The second-order valence-electron chi connectivity index (χ2n) is 7.58. The number of nitrogens with one attached hydrogen (secondary N) is 1. The van der Waals surface area contributed by atoms with Crippen LogP contribution in [0.2, 0.25) is 5.28 Å². The molecule has 0 bridgehead atoms. The summed E-state index contributed by atoms with van der Waals surface area (Å²) in [5, 5.41) is 0.718. The topological polar surface area (TPSA) is 99.6 Å². The summed E-state index contributed by atoms with van der Waals surface area (Å²) >= 11 is 3.66. The second kappa shape index (κ2) is 10.9. The van der Waals surface area contributed by atoms with Gasteiger partial charge in [-0.15, -0.1) is 0 Å². The number of benzene rings is 2. The van der Waals surface area contributed by atoms with Crippen molar-refractivity contribution in [3.63, 3.8) is 0 Å². The highest BCUT2D eigenvalue weighted by Gasteiger charge is 2.23. The van der Waals surface area contributed by atoms with Crippen molar-refractivity contribution in [3.05, 3.63) is 47.0 Å². The zero-order chi connectivity index (χ0) is 24.2. The molecule has 4 rings (SSSR count). The molecule has 1 saturated heterocycles. The molecule has 2 unspecified atom stereocenters. The largest absolute Gasteiger partial charge is 0.760 e. The molecule has 8 nitrogen and oxygen atoms in total. The minimum atomic E-state index is -2.51. The highest BCUT2D eigenvalue weighted by molar-refractivity contribution is 7.77. The molecule has 1 fully saturated rings. The van der Waals surface area contributed by atoms with E-state index in [4.69, 9.17) is 21.1 Å². The third-order valence-corrected chi connectivity index (χ3v) is 6.16. The summed E-state index contributed by atoms with van der Waals surface area (Å²) in [6, 6.07) is 7.78. The zero-order valence-electron chi connectivity index (χ0n) is 18.2. The van der Waals surface area contributed by atoms with Crippen LogP contribution in [-0.4, -0.2) is 58.7 Å². The third-order valence-electron chi connectivity index (χ3n) is 5.55. The van der Waals surface area contributed by atoms with Gasteiger partial charge in [0.05, 0.1) is 25.8 Å². The lowest BCUT2D eigenvalue weighted by Crippen LogP contribution is -2.37. The monoisotopic (exact) mass is 511 g/mol. The van der Waals surface area contributed by atoms with Crippen molar-refractivity contribution < 1.29 is 27.0 Å². The predicted octanol–water partition coefficient (Wildman–Crippen LogP) is 3.72. The first-order chi connectivity index (χ1) is 16.4. The van der Waals surface area contributed by atoms with Crippen LogP contribution in [0.5, 0.6) is 5.75 Å². The molecule has 0 saturated carbocycles. The van der Waals surface area contributed by atoms with Gasteiger partial charge in [0.2, 0.25) is 5.28 Å². The van der Waals surface area contributed by atoms with Crippen LogP contribution in [0.3, 0.4) is 0 Å². The molecule has 1 N–H and O–H groups in total. The van der Waals surface area contributed by atoms with Crippen LogP contribution in [-0.2, 0) is 16.0 Å². The Morgan fingerprint density at radius 2 is 2.06 bits per heavy atom. The SMILES string of the molecule is COc1cc2nc(Cl)nc(N3CCOCC3)c2cc1-c1cccc(C(F)CCNS(=O)[O-])c1F. The third kappa shape index (κ3) is 5.28. The van der Waals surface area contributed by atoms with Crippen molar-refractivity contribution >= 4 is 39.6 Å². The van der Waals surface area contributed by atoms with E-state index < -0.39 is 23.3 Å². The van der Waals surface area contributed by atoms with Crippen molar-refractivity contribution in [2.75, 3.05) is 44.9 Å². The molecule has 1 aromatic heterocycles. The predicted molar refractivity (Wildman–Crippen MR) is 125 cm³/mol. The summed E-state index contributed by atoms with van der Waals surface area (Å²) in [6.45, 7) is 2.14. The fourth-order valence-corrected chi connectivity index (χ4v) is 4.39. The van der Waals surface area contributed by atoms with Gasteiger partial charge in [-0.25, -0.2) is 18.5 Å². The van der Waals surface area contributed by atoms with Gasteiger partial charge in [0.1, 0.15) is 23.6 Å². The Bertz CT molecular complexity index is 1210. The molecule has 0 amide bonds. The first-order valence-electron chi connectivity index (χ1n) is 10.5. The summed E-state index contributed by atoms with van der Waals surface area (Å²) in [5.41, 5.74) is 0.903. The van der Waals surface area contributed by atoms with Crippen molar-refractivity contribution in [1.82, 2.24) is 14.7 Å². The van der Waals surface area contributed by atoms with E-state index in [9.17, 15) is 13.2 Å². The van der Waals surface area contributed by atoms with Crippen LogP contribution in [0.1, 0.15) is 18.2 Å². The summed E-state index contributed by atoms with van der Waals surface area (Å²) < 4.78 is 64.5. The van der Waals surface area contributed by atoms with Crippen LogP contribution in [0.4, 0.5) is 14.6 Å². The number of aromatic nitrogens is 2. The van der Waals surface area contributed by atoms with Crippen molar-refractivity contribution in [1.29, 1.82) is 0 Å². The number of nitrogens with zero attached hydrogens (tertiary/aromatic N) is 3. The fourth-order valence-electron chi connectivity index (χ4n) is 3.93. The molecule has 3 aromatic rings. The Morgan fingerprint density at radius 1 is 1.29 bits per heavy atom. The Labute approximate surface area is 202 Å². The molecule has 1 aliphatic rings. The molecule has 182 valence electrons. The first kappa shape index (κ1) is 24.7. The van der Waals surface area contributed by atoms with Gasteiger partial charge in [-0.3, -0.25) is 4.21 Å². The van der Waals surface area contributed by atoms with Gasteiger partial charge < -0.3 is 18.9 Å². The van der Waals surface area contributed by atoms with Gasteiger partial charge in [-0.05, 0) is 24.1 Å². The number of alkyl halides is 1. The number of hydrogen-bond donors (Lipinski definition) is 1. The van der Waals surface area contributed by atoms with E-state index >= 15 is 4.39 Å². The van der Waals surface area contributed by atoms with Crippen LogP contribution < -0.4 is 14.4 Å². The van der Waals surface area contributed by atoms with Gasteiger partial charge >= 0.3 is 0 Å². The molecule has 12 heteroatoms. The van der Waals surface area contributed by atoms with Crippen molar-refractivity contribution in [3.8, 4) is 16.9 Å². The number of rotatable bonds is 8. The van der Waals surface area contributed by atoms with Crippen molar-refractivity contribution in [2.24, 2.45) is 0 Å². The van der Waals surface area contributed by atoms with E-state index in [2.05, 4.69) is 14.7 Å². The van der Waals surface area contributed by atoms with E-state index in [-0.39, 0.29) is 29.4 Å². The molecule has 1 aliphatic heterocycles. The smallest absolute Gasteiger partial charge is 0.224 e. The standard InChI is InChI=1S/C22H23ClF2N4O4S/c1-32-19-12-18-16(21(28-22(23)27-18)29-7-9-33-10-8-29)11-15(19)13-3-2-4-14(20(13)25)17(24)5-6-26-34(30)31/h2-4,11-12,17,26H,5-10H2,1H3,(H,30,31)/p-1. The Kier molecular flexibility index (Phi) is 7.89. The second-order valence-corrected chi connectivity index (χ2v) is 8.68. The minimum Gasteiger partial charge on any atom is -0.760 e. The van der Waals surface area contributed by atoms with E-state index in [1.54, 1.807) is 18.2 Å². The maximum absolute atomic E-state index is 15.5. The summed E-state index contributed by atoms with van der Waals surface area (Å²) in [6.07, 6.45) is -1.91. The first-order valence-corrected chi connectivity index (χ1v) is 12.0. The summed E-state index contributed by atoms with van der Waals surface area (Å²) in [5.74, 6) is 0.183. The lowest BCUT2D eigenvalue weighted by molar-refractivity contribution is 0.122. The van der Waals surface area contributed by atoms with Crippen molar-refractivity contribution in [2.45, 2.75) is 12.6 Å². The molecular weight excluding hydrogens is 490 g/mol. The molecule has 2 heterocycles. The number of morpholine rings is 1.